The molecule has 164 valence electrons. The fraction of sp³-hybridized carbons (Fsp3) is 0.200. The monoisotopic (exact) mass is 449 g/mol. The molecule has 7 heteroatoms. The Morgan fingerprint density at radius 2 is 1.81 bits per heavy atom. The summed E-state index contributed by atoms with van der Waals surface area (Å²) >= 11 is 1.43. The van der Waals surface area contributed by atoms with Crippen LogP contribution in [0.1, 0.15) is 27.6 Å². The molecule has 1 aliphatic heterocycles. The molecule has 6 nitrogen and oxygen atoms in total. The summed E-state index contributed by atoms with van der Waals surface area (Å²) in [5.41, 5.74) is 2.73. The van der Waals surface area contributed by atoms with Crippen LogP contribution >= 0.6 is 11.3 Å². The lowest BCUT2D eigenvalue weighted by atomic mass is 9.97. The second-order valence-corrected chi connectivity index (χ2v) is 8.49. The first-order valence-electron chi connectivity index (χ1n) is 10.0. The number of amides is 1. The van der Waals surface area contributed by atoms with Crippen LogP contribution in [0.3, 0.4) is 0 Å². The Hall–Kier alpha value is -3.58. The quantitative estimate of drug-likeness (QED) is 0.337. The summed E-state index contributed by atoms with van der Waals surface area (Å²) in [5, 5.41) is 13.3. The van der Waals surface area contributed by atoms with Crippen LogP contribution in [0.25, 0.3) is 5.76 Å². The minimum Gasteiger partial charge on any atom is -0.507 e. The van der Waals surface area contributed by atoms with E-state index < -0.39 is 17.7 Å². The topological polar surface area (TPSA) is 76.1 Å². The molecule has 0 spiro atoms. The maximum Gasteiger partial charge on any atom is 0.300 e. The summed E-state index contributed by atoms with van der Waals surface area (Å²) < 4.78 is 10.7. The van der Waals surface area contributed by atoms with Gasteiger partial charge in [-0.25, -0.2) is 0 Å². The number of aliphatic hydroxyl groups is 1. The van der Waals surface area contributed by atoms with Crippen LogP contribution in [0.5, 0.6) is 11.5 Å². The van der Waals surface area contributed by atoms with Crippen molar-refractivity contribution in [3.8, 4) is 11.5 Å². The highest BCUT2D eigenvalue weighted by Crippen LogP contribution is 2.46. The molecule has 2 aromatic carbocycles. The summed E-state index contributed by atoms with van der Waals surface area (Å²) in [5.74, 6) is -0.725. The second kappa shape index (κ2) is 8.51. The Morgan fingerprint density at radius 1 is 1.03 bits per heavy atom. The molecule has 1 aliphatic rings. The van der Waals surface area contributed by atoms with Gasteiger partial charge in [-0.1, -0.05) is 17.7 Å². The van der Waals surface area contributed by atoms with Crippen molar-refractivity contribution in [1.82, 2.24) is 0 Å². The maximum absolute atomic E-state index is 13.3. The molecule has 3 aromatic rings. The van der Waals surface area contributed by atoms with E-state index in [-0.39, 0.29) is 11.3 Å². The maximum atomic E-state index is 13.3. The molecule has 1 aromatic heterocycles. The predicted octanol–water partition coefficient (Wildman–Crippen LogP) is 5.01. The minimum absolute atomic E-state index is 0.0345. The number of carbonyl (C=O) groups excluding carboxylic acids is 2. The summed E-state index contributed by atoms with van der Waals surface area (Å²) in [4.78, 5) is 28.8. The largest absolute Gasteiger partial charge is 0.507 e. The van der Waals surface area contributed by atoms with Gasteiger partial charge in [0.05, 0.1) is 25.4 Å². The number of carbonyl (C=O) groups is 2. The van der Waals surface area contributed by atoms with Crippen molar-refractivity contribution < 1.29 is 24.2 Å². The average Bonchev–Trinajstić information content (AvgIpc) is 3.33. The standard InChI is InChI=1S/C25H23NO5S/c1-14-8-9-19(31-4)18(12-14)22(27)20-21(24-15(2)10-11-32-24)26(25(29)23(20)28)16-6-5-7-17(13-16)30-3/h5-13,21,27H,1-4H3/b22-20-. The lowest BCUT2D eigenvalue weighted by molar-refractivity contribution is -0.132. The van der Waals surface area contributed by atoms with Gasteiger partial charge in [-0.15, -0.1) is 11.3 Å². The molecule has 4 rings (SSSR count). The smallest absolute Gasteiger partial charge is 0.300 e. The third kappa shape index (κ3) is 3.54. The molecule has 1 unspecified atom stereocenters. The zero-order chi connectivity index (χ0) is 23.0. The number of methoxy groups -OCH3 is 2. The van der Waals surface area contributed by atoms with Crippen molar-refractivity contribution in [3.63, 3.8) is 0 Å². The van der Waals surface area contributed by atoms with Crippen molar-refractivity contribution in [2.24, 2.45) is 0 Å². The molecule has 0 saturated carbocycles. The molecule has 1 N–H and O–H groups in total. The van der Waals surface area contributed by atoms with E-state index in [1.54, 1.807) is 36.4 Å². The van der Waals surface area contributed by atoms with Gasteiger partial charge in [0.15, 0.2) is 0 Å². The molecule has 0 bridgehead atoms. The van der Waals surface area contributed by atoms with Crippen LogP contribution in [0.2, 0.25) is 0 Å². The highest BCUT2D eigenvalue weighted by atomic mass is 32.1. The van der Waals surface area contributed by atoms with Gasteiger partial charge in [-0.05, 0) is 55.1 Å². The van der Waals surface area contributed by atoms with E-state index in [4.69, 9.17) is 9.47 Å². The van der Waals surface area contributed by atoms with Gasteiger partial charge in [0.2, 0.25) is 0 Å². The number of hydrogen-bond acceptors (Lipinski definition) is 6. The molecule has 1 amide bonds. The molecule has 1 fully saturated rings. The van der Waals surface area contributed by atoms with Gasteiger partial charge in [-0.2, -0.15) is 0 Å². The highest BCUT2D eigenvalue weighted by Gasteiger charge is 2.48. The Kier molecular flexibility index (Phi) is 5.76. The Labute approximate surface area is 190 Å². The van der Waals surface area contributed by atoms with Crippen LogP contribution in [0.4, 0.5) is 5.69 Å². The van der Waals surface area contributed by atoms with Gasteiger partial charge in [0, 0.05) is 16.6 Å². The molecule has 1 saturated heterocycles. The van der Waals surface area contributed by atoms with Crippen molar-refractivity contribution in [2.75, 3.05) is 19.1 Å². The molecule has 2 heterocycles. The molecular weight excluding hydrogens is 426 g/mol. The lowest BCUT2D eigenvalue weighted by Crippen LogP contribution is -2.29. The van der Waals surface area contributed by atoms with Gasteiger partial charge >= 0.3 is 0 Å². The Bertz CT molecular complexity index is 1240. The molecule has 0 aliphatic carbocycles. The van der Waals surface area contributed by atoms with E-state index >= 15 is 0 Å². The second-order valence-electron chi connectivity index (χ2n) is 7.54. The number of anilines is 1. The summed E-state index contributed by atoms with van der Waals surface area (Å²) in [6.07, 6.45) is 0. The van der Waals surface area contributed by atoms with Crippen molar-refractivity contribution in [3.05, 3.63) is 81.1 Å². The number of rotatable bonds is 5. The normalized spacial score (nSPS) is 17.6. The SMILES string of the molecule is COc1cccc(N2C(=O)C(=O)/C(=C(\O)c3cc(C)ccc3OC)C2c2sccc2C)c1. The summed E-state index contributed by atoms with van der Waals surface area (Å²) in [6.45, 7) is 3.80. The number of nitrogens with zero attached hydrogens (tertiary/aromatic N) is 1. The van der Waals surface area contributed by atoms with Crippen molar-refractivity contribution in [2.45, 2.75) is 19.9 Å². The number of aliphatic hydroxyl groups excluding tert-OH is 1. The van der Waals surface area contributed by atoms with Gasteiger partial charge in [0.1, 0.15) is 23.3 Å². The van der Waals surface area contributed by atoms with E-state index in [9.17, 15) is 14.7 Å². The fourth-order valence-corrected chi connectivity index (χ4v) is 4.95. The molecule has 0 radical (unpaired) electrons. The van der Waals surface area contributed by atoms with Gasteiger partial charge in [-0.3, -0.25) is 14.5 Å². The number of hydrogen-bond donors (Lipinski definition) is 1. The number of ether oxygens (including phenoxy) is 2. The highest BCUT2D eigenvalue weighted by molar-refractivity contribution is 7.10. The van der Waals surface area contributed by atoms with Crippen LogP contribution in [0.15, 0.2) is 59.5 Å². The summed E-state index contributed by atoms with van der Waals surface area (Å²) in [6, 6.07) is 13.5. The van der Waals surface area contributed by atoms with E-state index in [0.717, 1.165) is 16.0 Å². The van der Waals surface area contributed by atoms with Gasteiger partial charge in [0.25, 0.3) is 11.7 Å². The first-order valence-corrected chi connectivity index (χ1v) is 10.9. The van der Waals surface area contributed by atoms with Crippen LogP contribution in [-0.4, -0.2) is 31.0 Å². The first-order chi connectivity index (χ1) is 15.4. The number of Topliss-reactive ketones (excluding diaryl/α,β-unsaturated/α-hetero) is 1. The van der Waals surface area contributed by atoms with Crippen LogP contribution < -0.4 is 14.4 Å². The molecule has 1 atom stereocenters. The van der Waals surface area contributed by atoms with E-state index in [1.165, 1.54) is 30.5 Å². The Morgan fingerprint density at radius 3 is 2.47 bits per heavy atom. The number of thiophene rings is 1. The lowest BCUT2D eigenvalue weighted by Gasteiger charge is -2.25. The van der Waals surface area contributed by atoms with E-state index in [1.807, 2.05) is 31.4 Å². The van der Waals surface area contributed by atoms with Crippen LogP contribution in [-0.2, 0) is 9.59 Å². The van der Waals surface area contributed by atoms with Crippen molar-refractivity contribution >= 4 is 34.5 Å². The number of benzene rings is 2. The Balaban J connectivity index is 1.99. The number of ketones is 1. The zero-order valence-corrected chi connectivity index (χ0v) is 19.0. The zero-order valence-electron chi connectivity index (χ0n) is 18.2. The van der Waals surface area contributed by atoms with Gasteiger partial charge < -0.3 is 14.6 Å². The third-order valence-electron chi connectivity index (χ3n) is 5.54. The predicted molar refractivity (Wildman–Crippen MR) is 125 cm³/mol. The van der Waals surface area contributed by atoms with E-state index in [2.05, 4.69) is 0 Å². The van der Waals surface area contributed by atoms with E-state index in [0.29, 0.717) is 22.7 Å². The number of aryl methyl sites for hydroxylation is 2. The molecular formula is C25H23NO5S. The van der Waals surface area contributed by atoms with Crippen LogP contribution in [0, 0.1) is 13.8 Å². The minimum atomic E-state index is -0.771. The van der Waals surface area contributed by atoms with Crippen molar-refractivity contribution in [1.29, 1.82) is 0 Å². The molecule has 32 heavy (non-hydrogen) atoms. The summed E-state index contributed by atoms with van der Waals surface area (Å²) in [7, 11) is 3.04. The average molecular weight is 450 g/mol. The fourth-order valence-electron chi connectivity index (χ4n) is 3.92. The third-order valence-corrected chi connectivity index (χ3v) is 6.61. The first kappa shape index (κ1) is 21.6.